The molecule has 2 N–H and O–H groups in total. The van der Waals surface area contributed by atoms with Crippen LogP contribution in [0.2, 0.25) is 0 Å². The van der Waals surface area contributed by atoms with Gasteiger partial charge in [-0.25, -0.2) is 0 Å². The maximum Gasteiger partial charge on any atom is 0.0711 e. The van der Waals surface area contributed by atoms with E-state index in [2.05, 4.69) is 38.5 Å². The Morgan fingerprint density at radius 1 is 1.24 bits per heavy atom. The van der Waals surface area contributed by atoms with Gasteiger partial charge in [-0.05, 0) is 44.7 Å². The van der Waals surface area contributed by atoms with Crippen LogP contribution in [0.3, 0.4) is 0 Å². The van der Waals surface area contributed by atoms with Gasteiger partial charge in [-0.15, -0.1) is 0 Å². The van der Waals surface area contributed by atoms with E-state index < -0.39 is 0 Å². The van der Waals surface area contributed by atoms with Crippen LogP contribution in [0.25, 0.3) is 0 Å². The third kappa shape index (κ3) is 3.96. The molecule has 0 amide bonds. The molecule has 2 heteroatoms. The lowest BCUT2D eigenvalue weighted by molar-refractivity contribution is 0.172. The molecule has 1 heterocycles. The van der Waals surface area contributed by atoms with Crippen molar-refractivity contribution in [1.29, 1.82) is 0 Å². The largest absolute Gasteiger partial charge is 0.302 e. The maximum atomic E-state index is 3.70. The van der Waals surface area contributed by atoms with Crippen molar-refractivity contribution in [3.63, 3.8) is 0 Å². The monoisotopic (exact) mass is 240 g/mol. The summed E-state index contributed by atoms with van der Waals surface area (Å²) in [5.74, 6) is 1.66. The molecular formula is C15H32N2. The van der Waals surface area contributed by atoms with Crippen LogP contribution in [0.1, 0.15) is 65.7 Å². The minimum atomic E-state index is 0.222. The second kappa shape index (κ2) is 7.38. The van der Waals surface area contributed by atoms with Crippen molar-refractivity contribution in [3.8, 4) is 0 Å². The van der Waals surface area contributed by atoms with Gasteiger partial charge in [0, 0.05) is 0 Å². The minimum absolute atomic E-state index is 0.222. The molecule has 0 aromatic carbocycles. The van der Waals surface area contributed by atoms with Crippen LogP contribution in [0, 0.1) is 11.8 Å². The van der Waals surface area contributed by atoms with Crippen LogP contribution in [0.4, 0.5) is 0 Å². The molecular weight excluding hydrogens is 208 g/mol. The first-order valence-corrected chi connectivity index (χ1v) is 7.62. The van der Waals surface area contributed by atoms with Gasteiger partial charge in [-0.1, -0.05) is 46.5 Å². The van der Waals surface area contributed by atoms with E-state index in [0.29, 0.717) is 0 Å². The van der Waals surface area contributed by atoms with Crippen LogP contribution in [0.15, 0.2) is 0 Å². The van der Waals surface area contributed by atoms with Gasteiger partial charge in [-0.2, -0.15) is 0 Å². The van der Waals surface area contributed by atoms with E-state index in [0.717, 1.165) is 11.8 Å². The van der Waals surface area contributed by atoms with Crippen molar-refractivity contribution in [2.75, 3.05) is 13.6 Å². The molecule has 0 aromatic heterocycles. The zero-order valence-electron chi connectivity index (χ0n) is 12.3. The minimum Gasteiger partial charge on any atom is -0.302 e. The lowest BCUT2D eigenvalue weighted by atomic mass is 9.81. The van der Waals surface area contributed by atoms with E-state index >= 15 is 0 Å². The summed E-state index contributed by atoms with van der Waals surface area (Å²) in [4.78, 5) is 0. The Hall–Kier alpha value is -0.0800. The van der Waals surface area contributed by atoms with Crippen LogP contribution < -0.4 is 10.6 Å². The zero-order chi connectivity index (χ0) is 12.7. The summed E-state index contributed by atoms with van der Waals surface area (Å²) in [6.45, 7) is 8.23. The molecule has 1 fully saturated rings. The molecule has 1 rings (SSSR count). The SMILES string of the molecule is CCCC(CCC)CC(C)C1(NC)CCCN1. The molecule has 2 unspecified atom stereocenters. The molecule has 1 aliphatic rings. The molecule has 0 spiro atoms. The van der Waals surface area contributed by atoms with Gasteiger partial charge in [0.1, 0.15) is 0 Å². The normalized spacial score (nSPS) is 26.6. The van der Waals surface area contributed by atoms with E-state index in [-0.39, 0.29) is 5.66 Å². The second-order valence-electron chi connectivity index (χ2n) is 5.83. The van der Waals surface area contributed by atoms with Gasteiger partial charge in [-0.3, -0.25) is 5.32 Å². The fourth-order valence-electron chi connectivity index (χ4n) is 3.55. The molecule has 2 nitrogen and oxygen atoms in total. The fourth-order valence-corrected chi connectivity index (χ4v) is 3.55. The van der Waals surface area contributed by atoms with Crippen LogP contribution >= 0.6 is 0 Å². The third-order valence-corrected chi connectivity index (χ3v) is 4.56. The Kier molecular flexibility index (Phi) is 6.50. The quantitative estimate of drug-likeness (QED) is 0.678. The predicted molar refractivity (Wildman–Crippen MR) is 76.1 cm³/mol. The van der Waals surface area contributed by atoms with Crippen molar-refractivity contribution in [2.45, 2.75) is 71.4 Å². The van der Waals surface area contributed by atoms with Gasteiger partial charge in [0.2, 0.25) is 0 Å². The average Bonchev–Trinajstić information content (AvgIpc) is 2.79. The van der Waals surface area contributed by atoms with Gasteiger partial charge in [0.05, 0.1) is 5.66 Å². The van der Waals surface area contributed by atoms with E-state index in [1.54, 1.807) is 0 Å². The Labute approximate surface area is 108 Å². The molecule has 0 saturated carbocycles. The maximum absolute atomic E-state index is 3.70. The predicted octanol–water partition coefficient (Wildman–Crippen LogP) is 3.53. The van der Waals surface area contributed by atoms with Crippen LogP contribution in [-0.2, 0) is 0 Å². The van der Waals surface area contributed by atoms with Crippen molar-refractivity contribution in [3.05, 3.63) is 0 Å². The van der Waals surface area contributed by atoms with E-state index in [4.69, 9.17) is 0 Å². The first-order chi connectivity index (χ1) is 8.18. The standard InChI is InChI=1S/C15H32N2/c1-5-8-14(9-6-2)12-13(3)15(16-4)10-7-11-17-15/h13-14,16-17H,5-12H2,1-4H3. The van der Waals surface area contributed by atoms with Crippen molar-refractivity contribution in [2.24, 2.45) is 11.8 Å². The van der Waals surface area contributed by atoms with E-state index in [1.165, 1.54) is 51.5 Å². The molecule has 102 valence electrons. The topological polar surface area (TPSA) is 24.1 Å². The average molecular weight is 240 g/mol. The number of nitrogens with one attached hydrogen (secondary N) is 2. The first kappa shape index (κ1) is 15.0. The van der Waals surface area contributed by atoms with Crippen LogP contribution in [-0.4, -0.2) is 19.3 Å². The zero-order valence-corrected chi connectivity index (χ0v) is 12.3. The Morgan fingerprint density at radius 2 is 1.88 bits per heavy atom. The van der Waals surface area contributed by atoms with Crippen molar-refractivity contribution >= 4 is 0 Å². The van der Waals surface area contributed by atoms with Crippen LogP contribution in [0.5, 0.6) is 0 Å². The first-order valence-electron chi connectivity index (χ1n) is 7.62. The van der Waals surface area contributed by atoms with E-state index in [9.17, 15) is 0 Å². The summed E-state index contributed by atoms with van der Waals surface area (Å²) >= 11 is 0. The lowest BCUT2D eigenvalue weighted by Crippen LogP contribution is -2.56. The van der Waals surface area contributed by atoms with Crippen molar-refractivity contribution in [1.82, 2.24) is 10.6 Å². The van der Waals surface area contributed by atoms with Gasteiger partial charge >= 0.3 is 0 Å². The van der Waals surface area contributed by atoms with E-state index in [1.807, 2.05) is 0 Å². The highest BCUT2D eigenvalue weighted by Gasteiger charge is 2.37. The molecule has 0 bridgehead atoms. The lowest BCUT2D eigenvalue weighted by Gasteiger charge is -2.37. The summed E-state index contributed by atoms with van der Waals surface area (Å²) < 4.78 is 0. The second-order valence-corrected chi connectivity index (χ2v) is 5.83. The fraction of sp³-hybridized carbons (Fsp3) is 1.00. The molecule has 1 aliphatic heterocycles. The molecule has 0 aromatic rings. The smallest absolute Gasteiger partial charge is 0.0711 e. The van der Waals surface area contributed by atoms with Gasteiger partial charge < -0.3 is 5.32 Å². The summed E-state index contributed by atoms with van der Waals surface area (Å²) in [7, 11) is 2.11. The summed E-state index contributed by atoms with van der Waals surface area (Å²) in [6.07, 6.45) is 9.44. The van der Waals surface area contributed by atoms with Gasteiger partial charge in [0.25, 0.3) is 0 Å². The molecule has 0 radical (unpaired) electrons. The molecule has 17 heavy (non-hydrogen) atoms. The molecule has 1 saturated heterocycles. The number of hydrogen-bond acceptors (Lipinski definition) is 2. The Balaban J connectivity index is 2.51. The summed E-state index contributed by atoms with van der Waals surface area (Å²) in [5.41, 5.74) is 0.222. The Bertz CT molecular complexity index is 191. The highest BCUT2D eigenvalue weighted by molar-refractivity contribution is 4.94. The summed E-state index contributed by atoms with van der Waals surface area (Å²) in [6, 6.07) is 0. The third-order valence-electron chi connectivity index (χ3n) is 4.56. The number of hydrogen-bond donors (Lipinski definition) is 2. The Morgan fingerprint density at radius 3 is 2.29 bits per heavy atom. The highest BCUT2D eigenvalue weighted by Crippen LogP contribution is 2.32. The molecule has 0 aliphatic carbocycles. The highest BCUT2D eigenvalue weighted by atomic mass is 15.2. The molecule has 2 atom stereocenters. The van der Waals surface area contributed by atoms with Crippen molar-refractivity contribution < 1.29 is 0 Å². The van der Waals surface area contributed by atoms with Gasteiger partial charge in [0.15, 0.2) is 0 Å². The number of rotatable bonds is 8. The summed E-state index contributed by atoms with van der Waals surface area (Å²) in [5, 5.41) is 7.25.